The van der Waals surface area contributed by atoms with Crippen LogP contribution in [0.3, 0.4) is 0 Å². The molecule has 0 saturated heterocycles. The zero-order chi connectivity index (χ0) is 23.2. The fourth-order valence-corrected chi connectivity index (χ4v) is 5.89. The number of thiophene rings is 1. The Kier molecular flexibility index (Phi) is 5.62. The number of benzene rings is 1. The average molecular weight is 481 g/mol. The number of methoxy groups -OCH3 is 1. The number of nitrogens with one attached hydrogen (secondary N) is 1. The number of ether oxygens (including phenoxy) is 1. The van der Waals surface area contributed by atoms with Crippen LogP contribution in [0, 0.1) is 5.41 Å². The van der Waals surface area contributed by atoms with Gasteiger partial charge in [0, 0.05) is 28.1 Å². The summed E-state index contributed by atoms with van der Waals surface area (Å²) >= 11 is 2.90. The van der Waals surface area contributed by atoms with E-state index in [9.17, 15) is 9.59 Å². The van der Waals surface area contributed by atoms with Gasteiger partial charge in [-0.1, -0.05) is 31.7 Å². The lowest BCUT2D eigenvalue weighted by molar-refractivity contribution is -0.118. The Morgan fingerprint density at radius 2 is 2.06 bits per heavy atom. The lowest BCUT2D eigenvalue weighted by Gasteiger charge is -2.37. The first-order valence-corrected chi connectivity index (χ1v) is 12.5. The molecule has 9 heteroatoms. The molecule has 5 rings (SSSR count). The highest BCUT2D eigenvalue weighted by Gasteiger charge is 2.42. The summed E-state index contributed by atoms with van der Waals surface area (Å²) in [6.07, 6.45) is 1.29. The number of aromatic nitrogens is 3. The van der Waals surface area contributed by atoms with Crippen LogP contribution < -0.4 is 10.1 Å². The normalized spacial score (nSPS) is 19.0. The Bertz CT molecular complexity index is 1240. The Hall–Kier alpha value is -2.91. The SMILES string of the molecule is COc1ccc(C(=O)CSc2nc3n(n2)[C@H](c2cccs2)C2=C(CC(C)(C)CC2=O)N3)cc1. The third-order valence-corrected chi connectivity index (χ3v) is 7.63. The third-order valence-electron chi connectivity index (χ3n) is 5.87. The van der Waals surface area contributed by atoms with Crippen molar-refractivity contribution in [3.05, 3.63) is 63.5 Å². The summed E-state index contributed by atoms with van der Waals surface area (Å²) in [5.74, 6) is 1.68. The second-order valence-electron chi connectivity index (χ2n) is 8.98. The quantitative estimate of drug-likeness (QED) is 0.393. The van der Waals surface area contributed by atoms with Crippen LogP contribution in [0.1, 0.15) is 48.0 Å². The van der Waals surface area contributed by atoms with Crippen LogP contribution in [0.4, 0.5) is 5.95 Å². The lowest BCUT2D eigenvalue weighted by atomic mass is 9.73. The van der Waals surface area contributed by atoms with Gasteiger partial charge in [-0.05, 0) is 47.5 Å². The first-order valence-electron chi connectivity index (χ1n) is 10.7. The molecular formula is C24H24N4O3S2. The van der Waals surface area contributed by atoms with Crippen LogP contribution in [0.15, 0.2) is 58.2 Å². The van der Waals surface area contributed by atoms with Crippen molar-refractivity contribution >= 4 is 40.6 Å². The smallest absolute Gasteiger partial charge is 0.227 e. The van der Waals surface area contributed by atoms with Gasteiger partial charge in [-0.25, -0.2) is 4.68 Å². The Morgan fingerprint density at radius 1 is 1.27 bits per heavy atom. The maximum atomic E-state index is 13.2. The number of Topliss-reactive ketones (excluding diaryl/α,β-unsaturated/α-hetero) is 2. The van der Waals surface area contributed by atoms with Gasteiger partial charge >= 0.3 is 0 Å². The second-order valence-corrected chi connectivity index (χ2v) is 10.9. The molecule has 1 aliphatic heterocycles. The number of hydrogen-bond donors (Lipinski definition) is 1. The van der Waals surface area contributed by atoms with Gasteiger partial charge in [0.1, 0.15) is 11.8 Å². The third kappa shape index (κ3) is 4.22. The van der Waals surface area contributed by atoms with E-state index < -0.39 is 0 Å². The maximum absolute atomic E-state index is 13.2. The van der Waals surface area contributed by atoms with Gasteiger partial charge in [0.25, 0.3) is 0 Å². The molecule has 0 fully saturated rings. The fourth-order valence-electron chi connectivity index (χ4n) is 4.35. The highest BCUT2D eigenvalue weighted by atomic mass is 32.2. The first kappa shape index (κ1) is 21.9. The van der Waals surface area contributed by atoms with Crippen LogP contribution in [-0.4, -0.2) is 39.2 Å². The number of carbonyl (C=O) groups excluding carboxylic acids is 2. The first-order chi connectivity index (χ1) is 15.8. The summed E-state index contributed by atoms with van der Waals surface area (Å²) in [7, 11) is 1.59. The molecule has 1 aromatic carbocycles. The summed E-state index contributed by atoms with van der Waals surface area (Å²) in [6.45, 7) is 4.23. The fraction of sp³-hybridized carbons (Fsp3) is 0.333. The minimum absolute atomic E-state index is 0.00691. The van der Waals surface area contributed by atoms with Crippen molar-refractivity contribution in [2.75, 3.05) is 18.2 Å². The molecule has 1 aliphatic carbocycles. The minimum atomic E-state index is -0.293. The van der Waals surface area contributed by atoms with Crippen molar-refractivity contribution in [3.8, 4) is 5.75 Å². The topological polar surface area (TPSA) is 86.1 Å². The average Bonchev–Trinajstić information content (AvgIpc) is 3.45. The van der Waals surface area contributed by atoms with E-state index in [0.29, 0.717) is 28.8 Å². The van der Waals surface area contributed by atoms with Gasteiger partial charge in [-0.3, -0.25) is 9.59 Å². The number of allylic oxidation sites excluding steroid dienone is 2. The molecule has 0 bridgehead atoms. The zero-order valence-corrected chi connectivity index (χ0v) is 20.3. The van der Waals surface area contributed by atoms with Crippen molar-refractivity contribution in [1.29, 1.82) is 0 Å². The summed E-state index contributed by atoms with van der Waals surface area (Å²) < 4.78 is 6.95. The number of fused-ring (bicyclic) bond motifs is 1. The van der Waals surface area contributed by atoms with Crippen LogP contribution in [0.5, 0.6) is 5.75 Å². The van der Waals surface area contributed by atoms with Crippen LogP contribution in [-0.2, 0) is 4.79 Å². The Labute approximate surface area is 200 Å². The molecule has 1 atom stereocenters. The molecular weight excluding hydrogens is 456 g/mol. The molecule has 3 aromatic rings. The van der Waals surface area contributed by atoms with Crippen LogP contribution >= 0.6 is 23.1 Å². The molecule has 33 heavy (non-hydrogen) atoms. The van der Waals surface area contributed by atoms with Crippen LogP contribution in [0.2, 0.25) is 0 Å². The zero-order valence-electron chi connectivity index (χ0n) is 18.6. The van der Waals surface area contributed by atoms with Gasteiger partial charge < -0.3 is 10.1 Å². The second kappa shape index (κ2) is 8.46. The Morgan fingerprint density at radius 3 is 2.76 bits per heavy atom. The van der Waals surface area contributed by atoms with Gasteiger partial charge in [0.15, 0.2) is 11.6 Å². The Balaban J connectivity index is 1.41. The standard InChI is InChI=1S/C24H24N4O3S2/c1-24(2)11-16-20(17(29)12-24)21(19-5-4-10-32-19)28-22(25-16)26-23(27-28)33-13-18(30)14-6-8-15(31-3)9-7-14/h4-10,21H,11-13H2,1-3H3,(H,25,26,27)/t21-/m1/s1. The van der Waals surface area contributed by atoms with E-state index in [-0.39, 0.29) is 28.8 Å². The highest BCUT2D eigenvalue weighted by molar-refractivity contribution is 7.99. The number of ketones is 2. The largest absolute Gasteiger partial charge is 0.497 e. The van der Waals surface area contributed by atoms with Crippen molar-refractivity contribution in [2.24, 2.45) is 5.41 Å². The summed E-state index contributed by atoms with van der Waals surface area (Å²) in [5, 5.41) is 10.6. The number of nitrogens with zero attached hydrogens (tertiary/aromatic N) is 3. The van der Waals surface area contributed by atoms with E-state index >= 15 is 0 Å². The van der Waals surface area contributed by atoms with E-state index in [0.717, 1.165) is 22.6 Å². The number of carbonyl (C=O) groups is 2. The van der Waals surface area contributed by atoms with E-state index in [1.807, 2.05) is 17.5 Å². The predicted octanol–water partition coefficient (Wildman–Crippen LogP) is 4.98. The van der Waals surface area contributed by atoms with E-state index in [4.69, 9.17) is 9.84 Å². The van der Waals surface area contributed by atoms with Gasteiger partial charge in [-0.15, -0.1) is 16.4 Å². The number of anilines is 1. The summed E-state index contributed by atoms with van der Waals surface area (Å²) in [4.78, 5) is 31.5. The molecule has 0 radical (unpaired) electrons. The predicted molar refractivity (Wildman–Crippen MR) is 129 cm³/mol. The molecule has 2 aromatic heterocycles. The number of rotatable bonds is 6. The van der Waals surface area contributed by atoms with E-state index in [1.54, 1.807) is 47.4 Å². The van der Waals surface area contributed by atoms with E-state index in [1.165, 1.54) is 11.8 Å². The molecule has 7 nitrogen and oxygen atoms in total. The van der Waals surface area contributed by atoms with Gasteiger partial charge in [0.05, 0.1) is 12.9 Å². The van der Waals surface area contributed by atoms with Crippen LogP contribution in [0.25, 0.3) is 0 Å². The van der Waals surface area contributed by atoms with Crippen molar-refractivity contribution in [3.63, 3.8) is 0 Å². The molecule has 170 valence electrons. The minimum Gasteiger partial charge on any atom is -0.497 e. The number of hydrogen-bond acceptors (Lipinski definition) is 8. The summed E-state index contributed by atoms with van der Waals surface area (Å²) in [6, 6.07) is 10.8. The lowest BCUT2D eigenvalue weighted by Crippen LogP contribution is -2.36. The molecule has 2 aliphatic rings. The molecule has 1 N–H and O–H groups in total. The number of thioether (sulfide) groups is 1. The van der Waals surface area contributed by atoms with Gasteiger partial charge in [0.2, 0.25) is 11.1 Å². The molecule has 3 heterocycles. The van der Waals surface area contributed by atoms with Crippen molar-refractivity contribution in [2.45, 2.75) is 37.9 Å². The van der Waals surface area contributed by atoms with Gasteiger partial charge in [-0.2, -0.15) is 4.98 Å². The molecule has 0 unspecified atom stereocenters. The molecule has 0 spiro atoms. The van der Waals surface area contributed by atoms with Crippen molar-refractivity contribution < 1.29 is 14.3 Å². The summed E-state index contributed by atoms with van der Waals surface area (Å²) in [5.41, 5.74) is 2.22. The van der Waals surface area contributed by atoms with E-state index in [2.05, 4.69) is 24.1 Å². The highest BCUT2D eigenvalue weighted by Crippen LogP contribution is 2.46. The maximum Gasteiger partial charge on any atom is 0.227 e. The van der Waals surface area contributed by atoms with Crippen molar-refractivity contribution in [1.82, 2.24) is 14.8 Å². The molecule has 0 saturated carbocycles. The monoisotopic (exact) mass is 480 g/mol. The molecule has 0 amide bonds.